The van der Waals surface area contributed by atoms with Gasteiger partial charge in [0, 0.05) is 6.61 Å². The molecule has 32 heavy (non-hydrogen) atoms. The predicted octanol–water partition coefficient (Wildman–Crippen LogP) is -15.3. The Kier molecular flexibility index (Phi) is 36.8. The van der Waals surface area contributed by atoms with Gasteiger partial charge in [-0.3, -0.25) is 0 Å². The quantitative estimate of drug-likeness (QED) is 0.327. The summed E-state index contributed by atoms with van der Waals surface area (Å²) in [4.78, 5) is 10.0. The Morgan fingerprint density at radius 1 is 0.562 bits per heavy atom. The van der Waals surface area contributed by atoms with Crippen LogP contribution in [0.4, 0.5) is 0 Å². The molecular formula is C19H15Na5O7Si. The molecule has 0 saturated heterocycles. The molecule has 0 aliphatic rings. The van der Waals surface area contributed by atoms with Crippen LogP contribution < -0.4 is 173 Å². The van der Waals surface area contributed by atoms with Gasteiger partial charge in [-0.1, -0.05) is 78.9 Å². The zero-order chi connectivity index (χ0) is 20.1. The molecule has 0 aliphatic carbocycles. The van der Waals surface area contributed by atoms with E-state index >= 15 is 0 Å². The van der Waals surface area contributed by atoms with Gasteiger partial charge < -0.3 is 34.1 Å². The molecule has 0 amide bonds. The van der Waals surface area contributed by atoms with Crippen LogP contribution in [0.2, 0.25) is 0 Å². The van der Waals surface area contributed by atoms with Crippen LogP contribution in [-0.2, 0) is 15.5 Å². The van der Waals surface area contributed by atoms with Crippen molar-refractivity contribution in [1.82, 2.24) is 0 Å². The second kappa shape index (κ2) is 27.1. The summed E-state index contributed by atoms with van der Waals surface area (Å²) in [6, 6.07) is 20.3. The minimum Gasteiger partial charge on any atom is -0.873 e. The fraction of sp³-hybridized carbons (Fsp3) is 0.0526. The van der Waals surface area contributed by atoms with Gasteiger partial charge in [0.1, 0.15) is 0 Å². The van der Waals surface area contributed by atoms with E-state index in [0.29, 0.717) is 0 Å². The summed E-state index contributed by atoms with van der Waals surface area (Å²) in [6.07, 6.45) is 0. The molecule has 0 N–H and O–H groups in total. The Labute approximate surface area is 300 Å². The van der Waals surface area contributed by atoms with Crippen LogP contribution in [0.1, 0.15) is 5.56 Å². The molecule has 0 aliphatic heterocycles. The van der Waals surface area contributed by atoms with Gasteiger partial charge in [-0.05, 0) is 5.56 Å². The molecular weight excluding hydrogens is 483 g/mol. The van der Waals surface area contributed by atoms with Crippen molar-refractivity contribution < 1.29 is 182 Å². The molecule has 0 fully saturated rings. The Morgan fingerprint density at radius 2 is 0.844 bits per heavy atom. The third-order valence-electron chi connectivity index (χ3n) is 2.90. The van der Waals surface area contributed by atoms with E-state index in [0.717, 1.165) is 5.56 Å². The summed E-state index contributed by atoms with van der Waals surface area (Å²) in [7, 11) is -3.03. The average molecular weight is 498 g/mol. The summed E-state index contributed by atoms with van der Waals surface area (Å²) in [5, 5.41) is 41.2. The molecule has 7 nitrogen and oxygen atoms in total. The van der Waals surface area contributed by atoms with Crippen molar-refractivity contribution in [3.8, 4) is 23.0 Å². The Bertz CT molecular complexity index is 760. The maximum absolute atomic E-state index is 10.3. The van der Waals surface area contributed by atoms with Gasteiger partial charge in [-0.2, -0.15) is 0 Å². The van der Waals surface area contributed by atoms with Crippen molar-refractivity contribution >= 4 is 9.17 Å². The van der Waals surface area contributed by atoms with E-state index in [1.165, 1.54) is 24.3 Å². The molecule has 0 bridgehead atoms. The van der Waals surface area contributed by atoms with Gasteiger partial charge in [0.2, 0.25) is 0 Å². The molecule has 3 aromatic carbocycles. The average Bonchev–Trinajstić information content (AvgIpc) is 2.67. The third kappa shape index (κ3) is 22.0. The van der Waals surface area contributed by atoms with Gasteiger partial charge in [-0.15, -0.1) is 23.0 Å². The molecule has 0 spiro atoms. The van der Waals surface area contributed by atoms with Crippen LogP contribution in [-0.4, -0.2) is 9.17 Å². The van der Waals surface area contributed by atoms with Crippen LogP contribution >= 0.6 is 0 Å². The standard InChI is InChI=1S/C7H7O3Si.2C6H6O2.5Na/c8-11(9)10-6-7-4-2-1-3-5-7;2*7-5-3-1-2-4-6(5)8;;;;;/h1-5H,6H2;2*1-4,7-8H;;;;;/q-1;;;5*+1/p-4. The van der Waals surface area contributed by atoms with E-state index in [4.69, 9.17) is 0 Å². The van der Waals surface area contributed by atoms with E-state index in [2.05, 4.69) is 4.43 Å². The summed E-state index contributed by atoms with van der Waals surface area (Å²) in [5.74, 6) is -1.75. The van der Waals surface area contributed by atoms with Gasteiger partial charge in [0.15, 0.2) is 0 Å². The molecule has 0 radical (unpaired) electrons. The number of para-hydroxylation sites is 4. The first kappa shape index (κ1) is 43.5. The van der Waals surface area contributed by atoms with Crippen molar-refractivity contribution in [3.05, 3.63) is 84.4 Å². The second-order valence-corrected chi connectivity index (χ2v) is 5.71. The molecule has 13 heteroatoms. The minimum atomic E-state index is -3.03. The van der Waals surface area contributed by atoms with E-state index in [-0.39, 0.29) is 154 Å². The number of benzene rings is 3. The van der Waals surface area contributed by atoms with E-state index in [1.807, 2.05) is 30.3 Å². The molecule has 0 unspecified atom stereocenters. The van der Waals surface area contributed by atoms with Crippen LogP contribution in [0.3, 0.4) is 0 Å². The molecule has 0 aromatic heterocycles. The zero-order valence-corrected chi connectivity index (χ0v) is 30.1. The van der Waals surface area contributed by atoms with Gasteiger partial charge in [-0.25, -0.2) is 0 Å². The van der Waals surface area contributed by atoms with Crippen molar-refractivity contribution in [3.63, 3.8) is 0 Å². The molecule has 142 valence electrons. The van der Waals surface area contributed by atoms with E-state index in [9.17, 15) is 29.7 Å². The predicted molar refractivity (Wildman–Crippen MR) is 88.3 cm³/mol. The maximum atomic E-state index is 10.3. The van der Waals surface area contributed by atoms with Gasteiger partial charge in [0.05, 0.1) is 0 Å². The summed E-state index contributed by atoms with van der Waals surface area (Å²) in [5.41, 5.74) is 0.863. The first-order chi connectivity index (χ1) is 12.9. The third-order valence-corrected chi connectivity index (χ3v) is 3.28. The fourth-order valence-electron chi connectivity index (χ4n) is 1.62. The normalized spacial score (nSPS) is 7.62. The summed E-state index contributed by atoms with van der Waals surface area (Å²) in [6.45, 7) is 0.141. The van der Waals surface area contributed by atoms with Crippen LogP contribution in [0, 0.1) is 0 Å². The minimum absolute atomic E-state index is 0. The maximum Gasteiger partial charge on any atom is 1.00 e. The monoisotopic (exact) mass is 498 g/mol. The second-order valence-electron chi connectivity index (χ2n) is 4.92. The van der Waals surface area contributed by atoms with Crippen molar-refractivity contribution in [2.75, 3.05) is 0 Å². The van der Waals surface area contributed by atoms with Crippen molar-refractivity contribution in [1.29, 1.82) is 0 Å². The zero-order valence-electron chi connectivity index (χ0n) is 19.1. The van der Waals surface area contributed by atoms with Crippen LogP contribution in [0.15, 0.2) is 78.9 Å². The number of hydrogen-bond acceptors (Lipinski definition) is 7. The van der Waals surface area contributed by atoms with E-state index < -0.39 is 32.2 Å². The smallest absolute Gasteiger partial charge is 0.873 e. The Morgan fingerprint density at radius 3 is 1.09 bits per heavy atom. The number of hydrogen-bond donors (Lipinski definition) is 0. The van der Waals surface area contributed by atoms with Crippen LogP contribution in [0.5, 0.6) is 23.0 Å². The van der Waals surface area contributed by atoms with E-state index in [1.54, 1.807) is 24.3 Å². The molecule has 3 rings (SSSR count). The van der Waals surface area contributed by atoms with Crippen LogP contribution in [0.25, 0.3) is 0 Å². The Hall–Kier alpha value is 1.48. The first-order valence-electron chi connectivity index (χ1n) is 7.64. The van der Waals surface area contributed by atoms with Gasteiger partial charge >= 0.3 is 157 Å². The SMILES string of the molecule is O=[Si]([O-])OCc1ccccc1.[Na+].[Na+].[Na+].[Na+].[Na+].[O-]c1ccccc1[O-].[O-]c1ccccc1[O-]. The molecule has 0 saturated carbocycles. The number of rotatable bonds is 3. The topological polar surface area (TPSA) is 142 Å². The largest absolute Gasteiger partial charge is 1.00 e. The first-order valence-corrected chi connectivity index (χ1v) is 8.86. The molecule has 3 aromatic rings. The summed E-state index contributed by atoms with van der Waals surface area (Å²) < 4.78 is 14.4. The molecule has 0 heterocycles. The fourth-order valence-corrected chi connectivity index (χ4v) is 1.90. The van der Waals surface area contributed by atoms with Gasteiger partial charge in [0.25, 0.3) is 0 Å². The molecule has 0 atom stereocenters. The Balaban J connectivity index is -0.000000107. The van der Waals surface area contributed by atoms with Crippen molar-refractivity contribution in [2.45, 2.75) is 6.61 Å². The summed E-state index contributed by atoms with van der Waals surface area (Å²) >= 11 is 0. The van der Waals surface area contributed by atoms with Crippen molar-refractivity contribution in [2.24, 2.45) is 0 Å².